The summed E-state index contributed by atoms with van der Waals surface area (Å²) < 4.78 is 93.0. The van der Waals surface area contributed by atoms with Crippen molar-refractivity contribution in [2.75, 3.05) is 79.7 Å². The molecule has 0 radical (unpaired) electrons. The fourth-order valence-electron chi connectivity index (χ4n) is 8.91. The van der Waals surface area contributed by atoms with Crippen LogP contribution in [0.2, 0.25) is 0 Å². The van der Waals surface area contributed by atoms with Crippen molar-refractivity contribution in [2.45, 2.75) is 12.4 Å². The Morgan fingerprint density at radius 1 is 0.495 bits per heavy atom. The lowest BCUT2D eigenvalue weighted by molar-refractivity contribution is -0.138. The summed E-state index contributed by atoms with van der Waals surface area (Å²) in [6, 6.07) is 33.3. The number of aromatic nitrogens is 4. The van der Waals surface area contributed by atoms with Crippen LogP contribution in [-0.2, 0) is 26.7 Å². The second-order valence-electron chi connectivity index (χ2n) is 20.0. The first-order chi connectivity index (χ1) is 48.1. The minimum absolute atomic E-state index is 0. The highest BCUT2D eigenvalue weighted by molar-refractivity contribution is 5.99. The Morgan fingerprint density at radius 2 is 0.874 bits per heavy atom. The summed E-state index contributed by atoms with van der Waals surface area (Å²) in [6.07, 6.45) is -6.83. The molecular weight excluding hydrogens is 1400 g/mol. The number of nitrogens with one attached hydrogen (secondary N) is 2. The number of alkyl halides is 6. The SMILES string of the molecule is CO.COC(=O)c1cccc(C(=O)O)c1.Cl.NCC(=O)N1CCN(C(=O)c2ccccc2C(F)(F)F)CC1.NN.NNC(=O)c1cccc(C(=O)O)c1.O.O=C(NCC(=O)N1CCN(C(=O)c2ccccc2C(F)(F)F)CC1)c1ccc(-c2nnco2)cc1.O=C(O)c1cccc(-c2nnco2)c1. The molecule has 0 atom stereocenters. The van der Waals surface area contributed by atoms with Crippen molar-refractivity contribution in [3.8, 4) is 22.9 Å². The number of amides is 6. The molecule has 552 valence electrons. The number of aliphatic hydroxyl groups excluding tert-OH is 1. The highest BCUT2D eigenvalue weighted by Crippen LogP contribution is 2.34. The molecule has 6 amide bonds. The number of carboxylic acid groups (broad SMARTS) is 3. The third-order valence-electron chi connectivity index (χ3n) is 13.8. The van der Waals surface area contributed by atoms with Crippen LogP contribution in [0.15, 0.2) is 167 Å². The normalized spacial score (nSPS) is 12.0. The van der Waals surface area contributed by atoms with E-state index >= 15 is 0 Å². The number of halogens is 7. The van der Waals surface area contributed by atoms with Crippen LogP contribution < -0.4 is 34.0 Å². The number of benzene rings is 6. The number of ether oxygens (including phenoxy) is 1. The van der Waals surface area contributed by atoms with Crippen LogP contribution >= 0.6 is 12.4 Å². The summed E-state index contributed by atoms with van der Waals surface area (Å²) in [5, 5.41) is 50.1. The number of hydrogen-bond donors (Lipinski definition) is 10. The van der Waals surface area contributed by atoms with Crippen LogP contribution in [0.4, 0.5) is 26.3 Å². The average molecular weight is 1470 g/mol. The number of rotatable bonds is 13. The Bertz CT molecular complexity index is 4020. The van der Waals surface area contributed by atoms with Gasteiger partial charge in [0.2, 0.25) is 36.4 Å². The van der Waals surface area contributed by atoms with Gasteiger partial charge in [-0.15, -0.1) is 32.8 Å². The number of carboxylic acids is 3. The number of carbonyl (C=O) groups is 10. The van der Waals surface area contributed by atoms with E-state index in [1.54, 1.807) is 36.4 Å². The number of nitrogen functional groups attached to an aromatic ring is 1. The number of nitrogens with two attached hydrogens (primary N) is 4. The first kappa shape index (κ1) is 87.0. The zero-order chi connectivity index (χ0) is 75.0. The lowest BCUT2D eigenvalue weighted by atomic mass is 10.1. The third kappa shape index (κ3) is 26.2. The molecule has 0 spiro atoms. The number of methoxy groups -OCH3 is 1. The molecule has 39 heteroatoms. The van der Waals surface area contributed by atoms with Crippen molar-refractivity contribution in [2.24, 2.45) is 23.3 Å². The number of hydrogen-bond acceptors (Lipinski definition) is 22. The Hall–Kier alpha value is -12.1. The molecular formula is C64H69ClF6N14O18. The van der Waals surface area contributed by atoms with Gasteiger partial charge in [-0.25, -0.2) is 25.0 Å². The highest BCUT2D eigenvalue weighted by atomic mass is 35.5. The summed E-state index contributed by atoms with van der Waals surface area (Å²) in [4.78, 5) is 120. The maximum absolute atomic E-state index is 13.2. The standard InChI is InChI=1S/C23H20F3N5O4.C14H16F3N3O2.C9H6N2O3.C9H8O4.C8H8N2O3.CH4O.ClH.H4N2.H2O/c24-23(25,26)18-4-2-1-3-17(18)22(34)31-11-9-30(10-12-31)19(32)13-27-20(33)15-5-7-16(8-6-15)21-29-28-14-35-21;15-14(16,17)11-4-2-1-3-10(11)13(22)20-7-5-19(6-8-20)12(21)9-18;12-9(13)7-3-1-2-6(4-7)8-11-10-5-14-8;1-13-9(12)7-4-2-3-6(5-7)8(10)11;9-10-7(11)5-2-1-3-6(4-5)8(12)13;1-2;;1-2;/h1-8,14H,9-13H2,(H,27,33);1-4H,5-9,18H2;1-5H,(H,12,13);2-5H,1H3,(H,10,11);1-4H,9H2,(H,10,11)(H,12,13);2H,1H3;1H;1-2H2;1H2. The molecule has 16 N–H and O–H groups in total. The molecule has 0 aliphatic carbocycles. The first-order valence-electron chi connectivity index (χ1n) is 29.1. The van der Waals surface area contributed by atoms with Crippen LogP contribution in [0.3, 0.4) is 0 Å². The maximum atomic E-state index is 13.2. The molecule has 0 saturated carbocycles. The van der Waals surface area contributed by atoms with E-state index in [0.29, 0.717) is 28.5 Å². The van der Waals surface area contributed by atoms with Crippen LogP contribution in [0.1, 0.15) is 94.0 Å². The second kappa shape index (κ2) is 42.8. The number of esters is 1. The van der Waals surface area contributed by atoms with Crippen molar-refractivity contribution in [3.63, 3.8) is 0 Å². The molecule has 0 bridgehead atoms. The van der Waals surface area contributed by atoms with E-state index < -0.39 is 76.5 Å². The van der Waals surface area contributed by atoms with Gasteiger partial charge in [0.05, 0.1) is 64.7 Å². The Kier molecular flexibility index (Phi) is 36.1. The molecule has 103 heavy (non-hydrogen) atoms. The van der Waals surface area contributed by atoms with E-state index in [0.717, 1.165) is 25.3 Å². The molecule has 2 aliphatic heterocycles. The second-order valence-corrected chi connectivity index (χ2v) is 20.0. The smallest absolute Gasteiger partial charge is 0.417 e. The minimum atomic E-state index is -4.64. The van der Waals surface area contributed by atoms with Crippen LogP contribution in [0.5, 0.6) is 0 Å². The summed E-state index contributed by atoms with van der Waals surface area (Å²) in [6.45, 7) is 1.02. The Morgan fingerprint density at radius 3 is 1.27 bits per heavy atom. The summed E-state index contributed by atoms with van der Waals surface area (Å²) >= 11 is 0. The summed E-state index contributed by atoms with van der Waals surface area (Å²) in [5.41, 5.74) is 6.81. The van der Waals surface area contributed by atoms with Gasteiger partial charge in [0.25, 0.3) is 23.6 Å². The summed E-state index contributed by atoms with van der Waals surface area (Å²) in [5.74, 6) is 6.89. The Balaban J connectivity index is 0.000000458. The van der Waals surface area contributed by atoms with Crippen molar-refractivity contribution in [1.82, 2.24) is 50.7 Å². The van der Waals surface area contributed by atoms with Crippen molar-refractivity contribution in [1.29, 1.82) is 0 Å². The lowest BCUT2D eigenvalue weighted by Crippen LogP contribution is -2.52. The van der Waals surface area contributed by atoms with Gasteiger partial charge in [0, 0.05) is 81.7 Å². The van der Waals surface area contributed by atoms with Crippen LogP contribution in [-0.4, -0.2) is 205 Å². The van der Waals surface area contributed by atoms with Crippen LogP contribution in [0.25, 0.3) is 22.9 Å². The maximum Gasteiger partial charge on any atom is 0.417 e. The number of nitrogens with zero attached hydrogens (tertiary/aromatic N) is 8. The molecule has 4 heterocycles. The average Bonchev–Trinajstić information content (AvgIpc) is 1.35. The van der Waals surface area contributed by atoms with E-state index in [-0.39, 0.29) is 129 Å². The van der Waals surface area contributed by atoms with Gasteiger partial charge in [-0.2, -0.15) is 26.3 Å². The monoisotopic (exact) mass is 1470 g/mol. The van der Waals surface area contributed by atoms with Crippen molar-refractivity contribution < 1.29 is 114 Å². The lowest BCUT2D eigenvalue weighted by Gasteiger charge is -2.35. The molecule has 2 saturated heterocycles. The van der Waals surface area contributed by atoms with E-state index in [9.17, 15) is 74.3 Å². The molecule has 32 nitrogen and oxygen atoms in total. The van der Waals surface area contributed by atoms with E-state index in [1.165, 1.54) is 130 Å². The fourth-order valence-corrected chi connectivity index (χ4v) is 8.91. The Labute approximate surface area is 586 Å². The van der Waals surface area contributed by atoms with E-state index in [1.807, 2.05) is 5.43 Å². The summed E-state index contributed by atoms with van der Waals surface area (Å²) in [7, 11) is 2.25. The molecule has 10 rings (SSSR count). The predicted molar refractivity (Wildman–Crippen MR) is 353 cm³/mol. The zero-order valence-electron chi connectivity index (χ0n) is 54.2. The molecule has 0 unspecified atom stereocenters. The predicted octanol–water partition coefficient (Wildman–Crippen LogP) is 4.04. The van der Waals surface area contributed by atoms with E-state index in [2.05, 4.69) is 42.1 Å². The number of aromatic carboxylic acids is 3. The molecule has 2 aliphatic rings. The minimum Gasteiger partial charge on any atom is -0.478 e. The van der Waals surface area contributed by atoms with Gasteiger partial charge in [0.1, 0.15) is 0 Å². The zero-order valence-corrected chi connectivity index (χ0v) is 55.1. The number of piperazine rings is 2. The first-order valence-corrected chi connectivity index (χ1v) is 29.1. The molecule has 2 aromatic heterocycles. The number of aliphatic hydroxyl groups is 1. The molecule has 2 fully saturated rings. The largest absolute Gasteiger partial charge is 0.478 e. The van der Waals surface area contributed by atoms with Crippen molar-refractivity contribution >= 4 is 71.7 Å². The molecule has 8 aromatic rings. The van der Waals surface area contributed by atoms with Gasteiger partial charge in [-0.3, -0.25) is 45.9 Å². The van der Waals surface area contributed by atoms with Crippen LogP contribution in [0, 0.1) is 0 Å². The number of hydrazine groups is 2. The quantitative estimate of drug-likeness (QED) is 0.0256. The topological polar surface area (TPSA) is 511 Å². The van der Waals surface area contributed by atoms with Gasteiger partial charge in [0.15, 0.2) is 0 Å². The fraction of sp³-hybridized carbons (Fsp3) is 0.219. The molecule has 6 aromatic carbocycles. The van der Waals surface area contributed by atoms with Gasteiger partial charge in [-0.05, 0) is 103 Å². The number of carbonyl (C=O) groups excluding carboxylic acids is 7. The van der Waals surface area contributed by atoms with Gasteiger partial charge in [-0.1, -0.05) is 42.5 Å². The highest BCUT2D eigenvalue weighted by Gasteiger charge is 2.38. The third-order valence-corrected chi connectivity index (χ3v) is 13.8. The van der Waals surface area contributed by atoms with Gasteiger partial charge < -0.3 is 70.1 Å². The van der Waals surface area contributed by atoms with E-state index in [4.69, 9.17) is 40.8 Å². The van der Waals surface area contributed by atoms with Gasteiger partial charge >= 0.3 is 36.2 Å². The van der Waals surface area contributed by atoms with Crippen molar-refractivity contribution in [3.05, 3.63) is 214 Å².